The van der Waals surface area contributed by atoms with Gasteiger partial charge in [-0.05, 0) is 40.5 Å². The molecular weight excluding hydrogens is 265 g/mol. The number of benzene rings is 1. The monoisotopic (exact) mass is 271 g/mol. The van der Waals surface area contributed by atoms with Crippen molar-refractivity contribution in [3.05, 3.63) is 39.7 Å². The van der Waals surface area contributed by atoms with Crippen molar-refractivity contribution in [1.29, 1.82) is 0 Å². The van der Waals surface area contributed by atoms with Crippen LogP contribution in [0.1, 0.15) is 5.69 Å². The number of thiazole rings is 1. The van der Waals surface area contributed by atoms with Crippen LogP contribution in [-0.2, 0) is 0 Å². The largest absolute Gasteiger partial charge is 0.234 e. The number of aryl methyl sites for hydroxylation is 1. The number of rotatable bonds is 1. The van der Waals surface area contributed by atoms with Crippen molar-refractivity contribution in [3.63, 3.8) is 0 Å². The highest BCUT2D eigenvalue weighted by atomic mass is 79.9. The van der Waals surface area contributed by atoms with Crippen molar-refractivity contribution in [3.8, 4) is 10.4 Å². The molecule has 4 heteroatoms. The van der Waals surface area contributed by atoms with E-state index in [1.165, 1.54) is 23.5 Å². The van der Waals surface area contributed by atoms with Gasteiger partial charge < -0.3 is 0 Å². The molecule has 1 aromatic heterocycles. The van der Waals surface area contributed by atoms with Gasteiger partial charge in [0.2, 0.25) is 0 Å². The van der Waals surface area contributed by atoms with Crippen LogP contribution in [0.4, 0.5) is 4.39 Å². The summed E-state index contributed by atoms with van der Waals surface area (Å²) in [6.07, 6.45) is 0. The molecule has 0 saturated heterocycles. The number of hydrogen-bond donors (Lipinski definition) is 0. The predicted molar refractivity (Wildman–Crippen MR) is 59.9 cm³/mol. The summed E-state index contributed by atoms with van der Waals surface area (Å²) in [7, 11) is 0. The average molecular weight is 272 g/mol. The molecule has 0 unspecified atom stereocenters. The lowest BCUT2D eigenvalue weighted by atomic mass is 10.1. The van der Waals surface area contributed by atoms with Crippen molar-refractivity contribution in [2.24, 2.45) is 0 Å². The fraction of sp³-hybridized carbons (Fsp3) is 0.100. The molecule has 0 spiro atoms. The maximum absolute atomic E-state index is 13.0. The average Bonchev–Trinajstić information content (AvgIpc) is 2.45. The van der Waals surface area contributed by atoms with Crippen LogP contribution in [0.3, 0.4) is 0 Å². The number of hydrogen-bond acceptors (Lipinski definition) is 2. The third-order valence-electron chi connectivity index (χ3n) is 1.86. The summed E-state index contributed by atoms with van der Waals surface area (Å²) < 4.78 is 13.8. The van der Waals surface area contributed by atoms with E-state index in [0.29, 0.717) is 0 Å². The molecule has 0 radical (unpaired) electrons. The standard InChI is InChI=1S/C10H7BrFNS/c1-6-9(14-10(11)13-6)7-3-2-4-8(12)5-7/h2-5H,1H3. The smallest absolute Gasteiger partial charge is 0.159 e. The summed E-state index contributed by atoms with van der Waals surface area (Å²) in [4.78, 5) is 5.24. The van der Waals surface area contributed by atoms with Crippen molar-refractivity contribution < 1.29 is 4.39 Å². The molecule has 1 aromatic carbocycles. The second-order valence-corrected chi connectivity index (χ2v) is 5.17. The molecule has 1 nitrogen and oxygen atoms in total. The van der Waals surface area contributed by atoms with Crippen LogP contribution in [0, 0.1) is 12.7 Å². The van der Waals surface area contributed by atoms with Crippen molar-refractivity contribution in [2.45, 2.75) is 6.92 Å². The van der Waals surface area contributed by atoms with E-state index in [9.17, 15) is 4.39 Å². The van der Waals surface area contributed by atoms with Gasteiger partial charge in [0.1, 0.15) is 5.82 Å². The Kier molecular flexibility index (Phi) is 2.65. The molecule has 0 aliphatic rings. The van der Waals surface area contributed by atoms with E-state index in [1.807, 2.05) is 13.0 Å². The Morgan fingerprint density at radius 3 is 2.79 bits per heavy atom. The quantitative estimate of drug-likeness (QED) is 0.764. The first-order valence-corrected chi connectivity index (χ1v) is 5.66. The summed E-state index contributed by atoms with van der Waals surface area (Å²) in [6, 6.07) is 6.55. The van der Waals surface area contributed by atoms with Gasteiger partial charge in [-0.15, -0.1) is 11.3 Å². The molecule has 0 amide bonds. The maximum Gasteiger partial charge on any atom is 0.159 e. The summed E-state index contributed by atoms with van der Waals surface area (Å²) >= 11 is 4.83. The molecule has 0 aliphatic carbocycles. The third-order valence-corrected chi connectivity index (χ3v) is 3.52. The summed E-state index contributed by atoms with van der Waals surface area (Å²) in [5, 5.41) is 0. The van der Waals surface area contributed by atoms with Crippen LogP contribution in [0.25, 0.3) is 10.4 Å². The van der Waals surface area contributed by atoms with Crippen LogP contribution >= 0.6 is 27.3 Å². The van der Waals surface area contributed by atoms with Gasteiger partial charge in [-0.25, -0.2) is 9.37 Å². The highest BCUT2D eigenvalue weighted by molar-refractivity contribution is 9.11. The number of nitrogens with zero attached hydrogens (tertiary/aromatic N) is 1. The molecule has 0 N–H and O–H groups in total. The lowest BCUT2D eigenvalue weighted by Crippen LogP contribution is -1.79. The zero-order chi connectivity index (χ0) is 10.1. The molecule has 0 aliphatic heterocycles. The first-order chi connectivity index (χ1) is 6.66. The molecule has 0 fully saturated rings. The van der Waals surface area contributed by atoms with E-state index < -0.39 is 0 Å². The zero-order valence-electron chi connectivity index (χ0n) is 7.42. The van der Waals surface area contributed by atoms with Gasteiger partial charge in [-0.3, -0.25) is 0 Å². The molecule has 72 valence electrons. The number of aromatic nitrogens is 1. The van der Waals surface area contributed by atoms with Gasteiger partial charge in [-0.2, -0.15) is 0 Å². The predicted octanol–water partition coefficient (Wildman–Crippen LogP) is 4.02. The molecule has 2 aromatic rings. The molecule has 1 heterocycles. The second-order valence-electron chi connectivity index (χ2n) is 2.89. The van der Waals surface area contributed by atoms with Crippen LogP contribution in [-0.4, -0.2) is 4.98 Å². The van der Waals surface area contributed by atoms with E-state index in [0.717, 1.165) is 20.1 Å². The molecular formula is C10H7BrFNS. The topological polar surface area (TPSA) is 12.9 Å². The Bertz CT molecular complexity index is 467. The molecule has 2 rings (SSSR count). The van der Waals surface area contributed by atoms with Gasteiger partial charge in [0.25, 0.3) is 0 Å². The first kappa shape index (κ1) is 9.80. The van der Waals surface area contributed by atoms with E-state index >= 15 is 0 Å². The molecule has 0 saturated carbocycles. The number of halogens is 2. The molecule has 14 heavy (non-hydrogen) atoms. The minimum absolute atomic E-state index is 0.216. The van der Waals surface area contributed by atoms with E-state index in [4.69, 9.17) is 0 Å². The maximum atomic E-state index is 13.0. The Balaban J connectivity index is 2.54. The van der Waals surface area contributed by atoms with E-state index in [2.05, 4.69) is 20.9 Å². The van der Waals surface area contributed by atoms with E-state index in [1.54, 1.807) is 6.07 Å². The highest BCUT2D eigenvalue weighted by Crippen LogP contribution is 2.32. The van der Waals surface area contributed by atoms with Gasteiger partial charge in [0.05, 0.1) is 10.6 Å². The van der Waals surface area contributed by atoms with Crippen molar-refractivity contribution >= 4 is 27.3 Å². The zero-order valence-corrected chi connectivity index (χ0v) is 9.82. The van der Waals surface area contributed by atoms with Crippen molar-refractivity contribution in [1.82, 2.24) is 4.98 Å². The fourth-order valence-electron chi connectivity index (χ4n) is 1.26. The van der Waals surface area contributed by atoms with Gasteiger partial charge in [-0.1, -0.05) is 12.1 Å². The second kappa shape index (κ2) is 3.79. The van der Waals surface area contributed by atoms with E-state index in [-0.39, 0.29) is 5.82 Å². The fourth-order valence-corrected chi connectivity index (χ4v) is 2.80. The van der Waals surface area contributed by atoms with Crippen LogP contribution in [0.2, 0.25) is 0 Å². The van der Waals surface area contributed by atoms with Crippen LogP contribution < -0.4 is 0 Å². The SMILES string of the molecule is Cc1nc(Br)sc1-c1cccc(F)c1. The minimum atomic E-state index is -0.216. The van der Waals surface area contributed by atoms with Crippen molar-refractivity contribution in [2.75, 3.05) is 0 Å². The lowest BCUT2D eigenvalue weighted by molar-refractivity contribution is 0.628. The summed E-state index contributed by atoms with van der Waals surface area (Å²) in [6.45, 7) is 1.92. The molecule has 0 bridgehead atoms. The Morgan fingerprint density at radius 1 is 1.43 bits per heavy atom. The summed E-state index contributed by atoms with van der Waals surface area (Å²) in [5.74, 6) is -0.216. The first-order valence-electron chi connectivity index (χ1n) is 4.05. The lowest BCUT2D eigenvalue weighted by Gasteiger charge is -1.97. The Hall–Kier alpha value is -0.740. The minimum Gasteiger partial charge on any atom is -0.234 e. The summed E-state index contributed by atoms with van der Waals surface area (Å²) in [5.41, 5.74) is 1.80. The van der Waals surface area contributed by atoms with Gasteiger partial charge >= 0.3 is 0 Å². The Labute approximate surface area is 93.7 Å². The Morgan fingerprint density at radius 2 is 2.21 bits per heavy atom. The van der Waals surface area contributed by atoms with Crippen LogP contribution in [0.5, 0.6) is 0 Å². The third kappa shape index (κ3) is 1.86. The molecule has 0 atom stereocenters. The highest BCUT2D eigenvalue weighted by Gasteiger charge is 2.08. The van der Waals surface area contributed by atoms with Crippen LogP contribution in [0.15, 0.2) is 28.2 Å². The normalized spacial score (nSPS) is 10.5. The van der Waals surface area contributed by atoms with Gasteiger partial charge in [0, 0.05) is 0 Å². The van der Waals surface area contributed by atoms with Gasteiger partial charge in [0.15, 0.2) is 3.92 Å².